The Hall–Kier alpha value is -0.380. The number of allylic oxidation sites excluding steroid dienone is 1. The summed E-state index contributed by atoms with van der Waals surface area (Å²) in [6.07, 6.45) is 7.02. The van der Waals surface area contributed by atoms with Crippen LogP contribution in [0.1, 0.15) is 29.8 Å². The Labute approximate surface area is 100 Å². The molecule has 1 aromatic heterocycles. The first-order chi connectivity index (χ1) is 7.27. The van der Waals surface area contributed by atoms with Crippen LogP contribution in [0.5, 0.6) is 0 Å². The molecule has 4 heteroatoms. The summed E-state index contributed by atoms with van der Waals surface area (Å²) in [6.45, 7) is 5.13. The molecular weight excluding hydrogens is 228 g/mol. The standard InChI is InChI=1S/C11H17ClN2S/c1-3-10-8-14-11(15-10)9(2)13-7-5-4-6-12/h4-5,8-9,13H,3,6-7H2,1-2H3/b5-4+. The fraction of sp³-hybridized carbons (Fsp3) is 0.545. The van der Waals surface area contributed by atoms with Crippen LogP contribution in [0.4, 0.5) is 0 Å². The molecule has 0 fully saturated rings. The summed E-state index contributed by atoms with van der Waals surface area (Å²) >= 11 is 7.31. The number of nitrogens with one attached hydrogen (secondary N) is 1. The van der Waals surface area contributed by atoms with Crippen molar-refractivity contribution in [2.75, 3.05) is 12.4 Å². The zero-order valence-corrected chi connectivity index (χ0v) is 10.7. The highest BCUT2D eigenvalue weighted by Crippen LogP contribution is 2.19. The van der Waals surface area contributed by atoms with Gasteiger partial charge in [0.1, 0.15) is 5.01 Å². The second-order valence-corrected chi connectivity index (χ2v) is 4.73. The molecule has 0 amide bonds. The van der Waals surface area contributed by atoms with E-state index in [2.05, 4.69) is 24.1 Å². The molecule has 0 aliphatic carbocycles. The van der Waals surface area contributed by atoms with Crippen molar-refractivity contribution in [3.8, 4) is 0 Å². The van der Waals surface area contributed by atoms with Gasteiger partial charge in [-0.3, -0.25) is 0 Å². The topological polar surface area (TPSA) is 24.9 Å². The first-order valence-electron chi connectivity index (χ1n) is 5.16. The molecule has 1 aromatic rings. The van der Waals surface area contributed by atoms with Crippen LogP contribution in [0.2, 0.25) is 0 Å². The monoisotopic (exact) mass is 244 g/mol. The molecule has 0 radical (unpaired) electrons. The summed E-state index contributed by atoms with van der Waals surface area (Å²) in [5.74, 6) is 0.577. The smallest absolute Gasteiger partial charge is 0.109 e. The molecule has 1 unspecified atom stereocenters. The molecule has 1 rings (SSSR count). The highest BCUT2D eigenvalue weighted by atomic mass is 35.5. The van der Waals surface area contributed by atoms with Gasteiger partial charge < -0.3 is 5.32 Å². The summed E-state index contributed by atoms with van der Waals surface area (Å²) in [5, 5.41) is 4.53. The van der Waals surface area contributed by atoms with Crippen molar-refractivity contribution in [3.63, 3.8) is 0 Å². The number of alkyl halides is 1. The van der Waals surface area contributed by atoms with Crippen LogP contribution in [0.3, 0.4) is 0 Å². The third kappa shape index (κ3) is 4.33. The molecule has 0 spiro atoms. The lowest BCUT2D eigenvalue weighted by molar-refractivity contribution is 0.613. The van der Waals surface area contributed by atoms with E-state index in [0.29, 0.717) is 11.9 Å². The summed E-state index contributed by atoms with van der Waals surface area (Å²) in [7, 11) is 0. The molecule has 84 valence electrons. The molecule has 2 nitrogen and oxygen atoms in total. The molecule has 0 aromatic carbocycles. The van der Waals surface area contributed by atoms with Gasteiger partial charge in [0.2, 0.25) is 0 Å². The lowest BCUT2D eigenvalue weighted by Gasteiger charge is -2.08. The van der Waals surface area contributed by atoms with Crippen molar-refractivity contribution in [2.24, 2.45) is 0 Å². The number of aromatic nitrogens is 1. The van der Waals surface area contributed by atoms with Gasteiger partial charge in [-0.15, -0.1) is 22.9 Å². The first-order valence-corrected chi connectivity index (χ1v) is 6.52. The summed E-state index contributed by atoms with van der Waals surface area (Å²) in [4.78, 5) is 5.73. The van der Waals surface area contributed by atoms with E-state index < -0.39 is 0 Å². The average Bonchev–Trinajstić information content (AvgIpc) is 2.72. The van der Waals surface area contributed by atoms with Gasteiger partial charge in [-0.25, -0.2) is 4.98 Å². The average molecular weight is 245 g/mol. The molecule has 1 heterocycles. The van der Waals surface area contributed by atoms with Gasteiger partial charge in [-0.1, -0.05) is 19.1 Å². The van der Waals surface area contributed by atoms with Crippen molar-refractivity contribution in [2.45, 2.75) is 26.3 Å². The number of hydrogen-bond acceptors (Lipinski definition) is 3. The van der Waals surface area contributed by atoms with E-state index in [-0.39, 0.29) is 0 Å². The van der Waals surface area contributed by atoms with E-state index in [4.69, 9.17) is 11.6 Å². The van der Waals surface area contributed by atoms with Gasteiger partial charge in [-0.05, 0) is 13.3 Å². The van der Waals surface area contributed by atoms with Crippen LogP contribution in [0.15, 0.2) is 18.3 Å². The van der Waals surface area contributed by atoms with Crippen LogP contribution in [0.25, 0.3) is 0 Å². The molecule has 1 N–H and O–H groups in total. The van der Waals surface area contributed by atoms with E-state index in [9.17, 15) is 0 Å². The predicted molar refractivity (Wildman–Crippen MR) is 67.8 cm³/mol. The maximum absolute atomic E-state index is 5.53. The third-order valence-corrected chi connectivity index (χ3v) is 3.59. The fourth-order valence-corrected chi connectivity index (χ4v) is 2.17. The number of rotatable bonds is 6. The minimum Gasteiger partial charge on any atom is -0.305 e. The Morgan fingerprint density at radius 1 is 1.60 bits per heavy atom. The molecule has 0 saturated heterocycles. The van der Waals surface area contributed by atoms with Crippen LogP contribution < -0.4 is 5.32 Å². The first kappa shape index (κ1) is 12.7. The van der Waals surface area contributed by atoms with E-state index in [1.165, 1.54) is 4.88 Å². The zero-order valence-electron chi connectivity index (χ0n) is 9.16. The minimum absolute atomic E-state index is 0.315. The summed E-state index contributed by atoms with van der Waals surface area (Å²) in [5.41, 5.74) is 0. The lowest BCUT2D eigenvalue weighted by atomic mass is 10.3. The quantitative estimate of drug-likeness (QED) is 0.614. The Morgan fingerprint density at radius 3 is 3.00 bits per heavy atom. The lowest BCUT2D eigenvalue weighted by Crippen LogP contribution is -2.18. The van der Waals surface area contributed by atoms with Gasteiger partial charge in [0.05, 0.1) is 6.04 Å². The van der Waals surface area contributed by atoms with Crippen molar-refractivity contribution in [3.05, 3.63) is 28.2 Å². The molecule has 0 aliphatic heterocycles. The van der Waals surface area contributed by atoms with Crippen molar-refractivity contribution < 1.29 is 0 Å². The second kappa shape index (κ2) is 6.99. The van der Waals surface area contributed by atoms with Crippen LogP contribution in [-0.2, 0) is 6.42 Å². The Bertz CT molecular complexity index is 309. The van der Waals surface area contributed by atoms with Crippen LogP contribution >= 0.6 is 22.9 Å². The molecule has 0 aliphatic rings. The zero-order chi connectivity index (χ0) is 11.1. The predicted octanol–water partition coefficient (Wildman–Crippen LogP) is 3.15. The Morgan fingerprint density at radius 2 is 2.40 bits per heavy atom. The van der Waals surface area contributed by atoms with Crippen molar-refractivity contribution in [1.82, 2.24) is 10.3 Å². The maximum Gasteiger partial charge on any atom is 0.109 e. The maximum atomic E-state index is 5.53. The van der Waals surface area contributed by atoms with Gasteiger partial charge in [-0.2, -0.15) is 0 Å². The Balaban J connectivity index is 2.39. The van der Waals surface area contributed by atoms with Gasteiger partial charge in [0.15, 0.2) is 0 Å². The van der Waals surface area contributed by atoms with Crippen molar-refractivity contribution >= 4 is 22.9 Å². The van der Waals surface area contributed by atoms with Gasteiger partial charge in [0.25, 0.3) is 0 Å². The third-order valence-electron chi connectivity index (χ3n) is 2.09. The number of nitrogens with zero attached hydrogens (tertiary/aromatic N) is 1. The van der Waals surface area contributed by atoms with Gasteiger partial charge in [0, 0.05) is 23.5 Å². The normalized spacial score (nSPS) is 13.5. The molecular formula is C11H17ClN2S. The second-order valence-electron chi connectivity index (χ2n) is 3.27. The number of thiazole rings is 1. The summed E-state index contributed by atoms with van der Waals surface area (Å²) in [6, 6.07) is 0.315. The van der Waals surface area contributed by atoms with E-state index in [1.807, 2.05) is 18.3 Å². The number of halogens is 1. The fourth-order valence-electron chi connectivity index (χ4n) is 1.16. The van der Waals surface area contributed by atoms with E-state index >= 15 is 0 Å². The highest BCUT2D eigenvalue weighted by molar-refractivity contribution is 7.11. The van der Waals surface area contributed by atoms with Crippen LogP contribution in [-0.4, -0.2) is 17.4 Å². The highest BCUT2D eigenvalue weighted by Gasteiger charge is 2.07. The number of hydrogen-bond donors (Lipinski definition) is 1. The molecule has 1 atom stereocenters. The number of aryl methyl sites for hydroxylation is 1. The van der Waals surface area contributed by atoms with Gasteiger partial charge >= 0.3 is 0 Å². The molecule has 0 saturated carbocycles. The SMILES string of the molecule is CCc1cnc(C(C)NC/C=C/CCl)s1. The van der Waals surface area contributed by atoms with E-state index in [1.54, 1.807) is 11.3 Å². The van der Waals surface area contributed by atoms with E-state index in [0.717, 1.165) is 18.0 Å². The van der Waals surface area contributed by atoms with Crippen LogP contribution in [0, 0.1) is 0 Å². The molecule has 0 bridgehead atoms. The largest absolute Gasteiger partial charge is 0.305 e. The molecule has 15 heavy (non-hydrogen) atoms. The summed E-state index contributed by atoms with van der Waals surface area (Å²) < 4.78 is 0. The minimum atomic E-state index is 0.315. The van der Waals surface area contributed by atoms with Crippen molar-refractivity contribution in [1.29, 1.82) is 0 Å². The Kier molecular flexibility index (Phi) is 5.91.